The van der Waals surface area contributed by atoms with Gasteiger partial charge < -0.3 is 5.32 Å². The summed E-state index contributed by atoms with van der Waals surface area (Å²) in [5.74, 6) is -0.149. The van der Waals surface area contributed by atoms with Crippen molar-refractivity contribution in [1.29, 1.82) is 5.26 Å². The first kappa shape index (κ1) is 17.2. The van der Waals surface area contributed by atoms with E-state index in [0.29, 0.717) is 0 Å². The number of fused-ring (bicyclic) bond motifs is 1. The quantitative estimate of drug-likeness (QED) is 0.674. The molecule has 0 saturated heterocycles. The second kappa shape index (κ2) is 6.97. The van der Waals surface area contributed by atoms with Crippen molar-refractivity contribution in [2.45, 2.75) is 43.5 Å². The van der Waals surface area contributed by atoms with E-state index in [4.69, 9.17) is 0 Å². The zero-order valence-electron chi connectivity index (χ0n) is 13.7. The zero-order chi connectivity index (χ0) is 17.0. The highest BCUT2D eigenvalue weighted by Gasteiger charge is 2.32. The smallest absolute Gasteiger partial charge is 0.234 e. The average molecular weight is 328 g/mol. The van der Waals surface area contributed by atoms with Crippen LogP contribution in [0.4, 0.5) is 0 Å². The first-order valence-electron chi connectivity index (χ1n) is 7.47. The lowest BCUT2D eigenvalue weighted by molar-refractivity contribution is -0.121. The van der Waals surface area contributed by atoms with Gasteiger partial charge in [-0.2, -0.15) is 5.26 Å². The molecule has 1 aromatic carbocycles. The fourth-order valence-electron chi connectivity index (χ4n) is 1.95. The van der Waals surface area contributed by atoms with Crippen molar-refractivity contribution in [1.82, 2.24) is 15.3 Å². The number of nitriles is 1. The van der Waals surface area contributed by atoms with Gasteiger partial charge in [0.25, 0.3) is 0 Å². The minimum Gasteiger partial charge on any atom is -0.337 e. The van der Waals surface area contributed by atoms with E-state index in [1.54, 1.807) is 6.92 Å². The Hall–Kier alpha value is -2.13. The first-order valence-corrected chi connectivity index (χ1v) is 8.35. The number of thioether (sulfide) groups is 1. The SMILES string of the molecule is CC(C)[C@@](C)(C#N)NC(=O)[C@H](C)Sc1ncnc2ccccc12. The third kappa shape index (κ3) is 3.80. The number of hydrogen-bond donors (Lipinski definition) is 1. The number of nitrogens with one attached hydrogen (secondary N) is 1. The number of benzene rings is 1. The lowest BCUT2D eigenvalue weighted by Crippen LogP contribution is -2.51. The number of carbonyl (C=O) groups excluding carboxylic acids is 1. The molecule has 1 amide bonds. The molecule has 0 spiro atoms. The molecule has 2 aromatic rings. The van der Waals surface area contributed by atoms with Gasteiger partial charge in [-0.05, 0) is 25.8 Å². The van der Waals surface area contributed by atoms with Crippen LogP contribution in [0.1, 0.15) is 27.7 Å². The first-order chi connectivity index (χ1) is 10.9. The second-order valence-corrected chi connectivity index (χ2v) is 7.24. The van der Waals surface area contributed by atoms with Crippen molar-refractivity contribution in [3.63, 3.8) is 0 Å². The van der Waals surface area contributed by atoms with Crippen LogP contribution in [0.3, 0.4) is 0 Å². The maximum atomic E-state index is 12.4. The standard InChI is InChI=1S/C17H20N4OS/c1-11(2)17(4,9-18)21-15(22)12(3)23-16-13-7-5-6-8-14(13)19-10-20-16/h5-8,10-12H,1-4H3,(H,21,22)/t12-,17+/m0/s1. The van der Waals surface area contributed by atoms with Crippen LogP contribution in [0.15, 0.2) is 35.6 Å². The summed E-state index contributed by atoms with van der Waals surface area (Å²) in [7, 11) is 0. The van der Waals surface area contributed by atoms with Crippen molar-refractivity contribution in [3.8, 4) is 6.07 Å². The molecule has 0 aliphatic heterocycles. The minimum absolute atomic E-state index is 0.0218. The van der Waals surface area contributed by atoms with Gasteiger partial charge in [-0.1, -0.05) is 43.8 Å². The van der Waals surface area contributed by atoms with Crippen molar-refractivity contribution in [3.05, 3.63) is 30.6 Å². The molecule has 0 aliphatic carbocycles. The van der Waals surface area contributed by atoms with E-state index < -0.39 is 5.54 Å². The Morgan fingerprint density at radius 2 is 2.00 bits per heavy atom. The lowest BCUT2D eigenvalue weighted by atomic mass is 9.90. The molecule has 6 heteroatoms. The van der Waals surface area contributed by atoms with Crippen LogP contribution in [0.5, 0.6) is 0 Å². The van der Waals surface area contributed by atoms with Crippen LogP contribution < -0.4 is 5.32 Å². The van der Waals surface area contributed by atoms with E-state index in [0.717, 1.165) is 15.9 Å². The largest absolute Gasteiger partial charge is 0.337 e. The monoisotopic (exact) mass is 328 g/mol. The Balaban J connectivity index is 2.16. The summed E-state index contributed by atoms with van der Waals surface area (Å²) in [5, 5.41) is 13.5. The predicted octanol–water partition coefficient (Wildman–Crippen LogP) is 3.16. The molecule has 0 fully saturated rings. The Morgan fingerprint density at radius 3 is 2.65 bits per heavy atom. The Kier molecular flexibility index (Phi) is 5.22. The van der Waals surface area contributed by atoms with Gasteiger partial charge in [-0.25, -0.2) is 9.97 Å². The third-order valence-corrected chi connectivity index (χ3v) is 5.05. The van der Waals surface area contributed by atoms with E-state index in [9.17, 15) is 10.1 Å². The van der Waals surface area contributed by atoms with Crippen molar-refractivity contribution in [2.75, 3.05) is 0 Å². The summed E-state index contributed by atoms with van der Waals surface area (Å²) in [6, 6.07) is 9.88. The molecule has 0 radical (unpaired) electrons. The van der Waals surface area contributed by atoms with Gasteiger partial charge in [0.15, 0.2) is 0 Å². The van der Waals surface area contributed by atoms with E-state index in [-0.39, 0.29) is 17.1 Å². The number of aromatic nitrogens is 2. The average Bonchev–Trinajstić information content (AvgIpc) is 2.54. The van der Waals surface area contributed by atoms with Crippen LogP contribution in [0.25, 0.3) is 10.9 Å². The summed E-state index contributed by atoms with van der Waals surface area (Å²) >= 11 is 1.37. The van der Waals surface area contributed by atoms with Crippen LogP contribution in [-0.2, 0) is 4.79 Å². The highest BCUT2D eigenvalue weighted by atomic mass is 32.2. The number of hydrogen-bond acceptors (Lipinski definition) is 5. The van der Waals surface area contributed by atoms with Gasteiger partial charge in [0, 0.05) is 5.39 Å². The van der Waals surface area contributed by atoms with Gasteiger partial charge in [-0.15, -0.1) is 0 Å². The van der Waals surface area contributed by atoms with Crippen molar-refractivity contribution in [2.24, 2.45) is 5.92 Å². The predicted molar refractivity (Wildman–Crippen MR) is 91.9 cm³/mol. The van der Waals surface area contributed by atoms with Crippen LogP contribution >= 0.6 is 11.8 Å². The molecule has 0 saturated carbocycles. The van der Waals surface area contributed by atoms with Crippen LogP contribution in [0, 0.1) is 17.2 Å². The Bertz CT molecular complexity index is 750. The van der Waals surface area contributed by atoms with Gasteiger partial charge in [0.2, 0.25) is 5.91 Å². The maximum Gasteiger partial charge on any atom is 0.234 e. The van der Waals surface area contributed by atoms with E-state index in [1.165, 1.54) is 18.1 Å². The molecular weight excluding hydrogens is 308 g/mol. The number of para-hydroxylation sites is 1. The van der Waals surface area contributed by atoms with Crippen molar-refractivity contribution < 1.29 is 4.79 Å². The number of carbonyl (C=O) groups is 1. The van der Waals surface area contributed by atoms with Gasteiger partial charge in [0.1, 0.15) is 16.9 Å². The Morgan fingerprint density at radius 1 is 1.30 bits per heavy atom. The van der Waals surface area contributed by atoms with Gasteiger partial charge >= 0.3 is 0 Å². The van der Waals surface area contributed by atoms with Crippen molar-refractivity contribution >= 4 is 28.6 Å². The molecule has 23 heavy (non-hydrogen) atoms. The maximum absolute atomic E-state index is 12.4. The van der Waals surface area contributed by atoms with E-state index >= 15 is 0 Å². The summed E-state index contributed by atoms with van der Waals surface area (Å²) < 4.78 is 0. The molecule has 0 aliphatic rings. The Labute approximate surface area is 140 Å². The summed E-state index contributed by atoms with van der Waals surface area (Å²) in [6.45, 7) is 7.39. The molecule has 2 atom stereocenters. The molecule has 0 unspecified atom stereocenters. The number of rotatable bonds is 5. The summed E-state index contributed by atoms with van der Waals surface area (Å²) in [5.41, 5.74) is -0.0266. The molecule has 0 bridgehead atoms. The minimum atomic E-state index is -0.875. The fourth-order valence-corrected chi connectivity index (χ4v) is 2.86. The van der Waals surface area contributed by atoms with E-state index in [2.05, 4.69) is 21.4 Å². The normalized spacial score (nSPS) is 15.0. The lowest BCUT2D eigenvalue weighted by Gasteiger charge is -2.28. The molecule has 5 nitrogen and oxygen atoms in total. The molecule has 2 rings (SSSR count). The van der Waals surface area contributed by atoms with Crippen LogP contribution in [0.2, 0.25) is 0 Å². The van der Waals surface area contributed by atoms with Gasteiger partial charge in [-0.3, -0.25) is 4.79 Å². The summed E-state index contributed by atoms with van der Waals surface area (Å²) in [4.78, 5) is 20.9. The number of amides is 1. The highest BCUT2D eigenvalue weighted by Crippen LogP contribution is 2.28. The molecule has 1 aromatic heterocycles. The zero-order valence-corrected chi connectivity index (χ0v) is 14.5. The highest BCUT2D eigenvalue weighted by molar-refractivity contribution is 8.00. The molecule has 1 heterocycles. The number of nitrogens with zero attached hydrogens (tertiary/aromatic N) is 3. The van der Waals surface area contributed by atoms with E-state index in [1.807, 2.05) is 45.0 Å². The van der Waals surface area contributed by atoms with Crippen LogP contribution in [-0.4, -0.2) is 26.7 Å². The van der Waals surface area contributed by atoms with Gasteiger partial charge in [0.05, 0.1) is 16.8 Å². The summed E-state index contributed by atoms with van der Waals surface area (Å²) in [6.07, 6.45) is 1.50. The molecule has 1 N–H and O–H groups in total. The molecule has 120 valence electrons. The third-order valence-electron chi connectivity index (χ3n) is 3.93. The second-order valence-electron chi connectivity index (χ2n) is 5.91. The fraction of sp³-hybridized carbons (Fsp3) is 0.412. The molecular formula is C17H20N4OS. The topological polar surface area (TPSA) is 78.7 Å².